The van der Waals surface area contributed by atoms with Gasteiger partial charge in [0.2, 0.25) is 11.8 Å². The van der Waals surface area contributed by atoms with Crippen molar-refractivity contribution in [2.45, 2.75) is 32.7 Å². The van der Waals surface area contributed by atoms with E-state index in [-0.39, 0.29) is 11.8 Å². The van der Waals surface area contributed by atoms with Crippen LogP contribution in [0.5, 0.6) is 0 Å². The number of nitrogens with one attached hydrogen (secondary N) is 1. The molecule has 1 amide bonds. The van der Waals surface area contributed by atoms with E-state index >= 15 is 0 Å². The Kier molecular flexibility index (Phi) is 3.73. The summed E-state index contributed by atoms with van der Waals surface area (Å²) in [5.74, 6) is 1.44. The standard InChI is InChI=1S/C11H18N4O2/c1-7-14-10(17-15-7)6-13-11(16)9-4-2-3-8(9)5-12/h8-9H,2-6,12H2,1H3,(H,13,16)/t8-,9-/m1/s1. The summed E-state index contributed by atoms with van der Waals surface area (Å²) in [6.45, 7) is 2.63. The van der Waals surface area contributed by atoms with Crippen molar-refractivity contribution >= 4 is 5.91 Å². The Labute approximate surface area is 99.9 Å². The predicted octanol–water partition coefficient (Wildman–Crippen LogP) is 0.369. The number of aromatic nitrogens is 2. The van der Waals surface area contributed by atoms with Crippen molar-refractivity contribution in [3.8, 4) is 0 Å². The minimum Gasteiger partial charge on any atom is -0.347 e. The Balaban J connectivity index is 1.84. The number of rotatable bonds is 4. The van der Waals surface area contributed by atoms with Crippen LogP contribution in [-0.4, -0.2) is 22.6 Å². The Morgan fingerprint density at radius 3 is 3.06 bits per heavy atom. The van der Waals surface area contributed by atoms with Crippen LogP contribution < -0.4 is 11.1 Å². The van der Waals surface area contributed by atoms with Gasteiger partial charge < -0.3 is 15.6 Å². The van der Waals surface area contributed by atoms with Crippen molar-refractivity contribution in [2.24, 2.45) is 17.6 Å². The molecule has 1 aromatic rings. The largest absolute Gasteiger partial charge is 0.347 e. The molecule has 0 bridgehead atoms. The molecule has 2 atom stereocenters. The summed E-state index contributed by atoms with van der Waals surface area (Å²) in [7, 11) is 0. The van der Waals surface area contributed by atoms with Gasteiger partial charge >= 0.3 is 0 Å². The van der Waals surface area contributed by atoms with Gasteiger partial charge in [0, 0.05) is 5.92 Å². The van der Waals surface area contributed by atoms with Gasteiger partial charge in [0.1, 0.15) is 0 Å². The zero-order valence-corrected chi connectivity index (χ0v) is 9.98. The first-order valence-corrected chi connectivity index (χ1v) is 5.97. The summed E-state index contributed by atoms with van der Waals surface area (Å²) in [4.78, 5) is 16.0. The molecule has 3 N–H and O–H groups in total. The fourth-order valence-electron chi connectivity index (χ4n) is 2.37. The lowest BCUT2D eigenvalue weighted by Crippen LogP contribution is -2.34. The zero-order valence-electron chi connectivity index (χ0n) is 9.98. The third-order valence-corrected chi connectivity index (χ3v) is 3.28. The molecule has 1 saturated carbocycles. The monoisotopic (exact) mass is 238 g/mol. The van der Waals surface area contributed by atoms with Gasteiger partial charge in [-0.2, -0.15) is 4.98 Å². The Morgan fingerprint density at radius 1 is 1.59 bits per heavy atom. The molecule has 6 heteroatoms. The van der Waals surface area contributed by atoms with E-state index in [9.17, 15) is 4.79 Å². The van der Waals surface area contributed by atoms with E-state index in [1.54, 1.807) is 6.92 Å². The molecule has 17 heavy (non-hydrogen) atoms. The minimum atomic E-state index is 0.0454. The van der Waals surface area contributed by atoms with Crippen molar-refractivity contribution in [1.82, 2.24) is 15.5 Å². The number of carbonyl (C=O) groups is 1. The van der Waals surface area contributed by atoms with Gasteiger partial charge in [-0.15, -0.1) is 0 Å². The maximum absolute atomic E-state index is 11.9. The summed E-state index contributed by atoms with van der Waals surface area (Å²) >= 11 is 0. The first-order chi connectivity index (χ1) is 8.20. The summed E-state index contributed by atoms with van der Waals surface area (Å²) < 4.78 is 4.93. The molecule has 1 fully saturated rings. The van der Waals surface area contributed by atoms with Crippen LogP contribution in [0, 0.1) is 18.8 Å². The van der Waals surface area contributed by atoms with Gasteiger partial charge in [-0.25, -0.2) is 0 Å². The van der Waals surface area contributed by atoms with Crippen LogP contribution in [0.25, 0.3) is 0 Å². The van der Waals surface area contributed by atoms with E-state index in [0.717, 1.165) is 19.3 Å². The normalized spacial score (nSPS) is 23.9. The lowest BCUT2D eigenvalue weighted by molar-refractivity contribution is -0.126. The van der Waals surface area contributed by atoms with Gasteiger partial charge in [0.15, 0.2) is 5.82 Å². The molecule has 0 saturated heterocycles. The number of aryl methyl sites for hydroxylation is 1. The highest BCUT2D eigenvalue weighted by atomic mass is 16.5. The summed E-state index contributed by atoms with van der Waals surface area (Å²) in [6.07, 6.45) is 3.06. The van der Waals surface area contributed by atoms with E-state index in [1.807, 2.05) is 0 Å². The highest BCUT2D eigenvalue weighted by Crippen LogP contribution is 2.30. The number of nitrogens with zero attached hydrogens (tertiary/aromatic N) is 2. The molecular formula is C11H18N4O2. The van der Waals surface area contributed by atoms with Crippen molar-refractivity contribution in [2.75, 3.05) is 6.54 Å². The van der Waals surface area contributed by atoms with Gasteiger partial charge in [-0.05, 0) is 32.2 Å². The number of hydrogen-bond acceptors (Lipinski definition) is 5. The highest BCUT2D eigenvalue weighted by Gasteiger charge is 2.31. The molecule has 2 rings (SSSR count). The molecule has 94 valence electrons. The molecule has 1 aromatic heterocycles. The fourth-order valence-corrected chi connectivity index (χ4v) is 2.37. The van der Waals surface area contributed by atoms with Crippen LogP contribution in [0.2, 0.25) is 0 Å². The molecular weight excluding hydrogens is 220 g/mol. The van der Waals surface area contributed by atoms with Gasteiger partial charge in [0.05, 0.1) is 6.54 Å². The lowest BCUT2D eigenvalue weighted by Gasteiger charge is -2.16. The summed E-state index contributed by atoms with van der Waals surface area (Å²) in [5.41, 5.74) is 5.65. The predicted molar refractivity (Wildman–Crippen MR) is 60.8 cm³/mol. The topological polar surface area (TPSA) is 94.0 Å². The van der Waals surface area contributed by atoms with E-state index in [4.69, 9.17) is 10.3 Å². The van der Waals surface area contributed by atoms with E-state index in [2.05, 4.69) is 15.5 Å². The SMILES string of the molecule is Cc1noc(CNC(=O)[C@@H]2CCC[C@@H]2CN)n1. The Bertz CT molecular complexity index is 391. The van der Waals surface area contributed by atoms with E-state index in [1.165, 1.54) is 0 Å². The van der Waals surface area contributed by atoms with Gasteiger partial charge in [-0.3, -0.25) is 4.79 Å². The van der Waals surface area contributed by atoms with Crippen molar-refractivity contribution in [3.05, 3.63) is 11.7 Å². The number of amides is 1. The second kappa shape index (κ2) is 5.27. The zero-order chi connectivity index (χ0) is 12.3. The van der Waals surface area contributed by atoms with Crippen molar-refractivity contribution in [3.63, 3.8) is 0 Å². The molecule has 0 aliphatic heterocycles. The van der Waals surface area contributed by atoms with Gasteiger partial charge in [-0.1, -0.05) is 11.6 Å². The van der Waals surface area contributed by atoms with Crippen LogP contribution >= 0.6 is 0 Å². The number of carbonyl (C=O) groups excluding carboxylic acids is 1. The Morgan fingerprint density at radius 2 is 2.41 bits per heavy atom. The van der Waals surface area contributed by atoms with E-state index < -0.39 is 0 Å². The Hall–Kier alpha value is -1.43. The third kappa shape index (κ3) is 2.82. The van der Waals surface area contributed by atoms with E-state index in [0.29, 0.717) is 30.7 Å². The molecule has 1 aliphatic carbocycles. The number of nitrogens with two attached hydrogens (primary N) is 1. The second-order valence-corrected chi connectivity index (χ2v) is 4.49. The molecule has 0 aromatic carbocycles. The molecule has 0 spiro atoms. The summed E-state index contributed by atoms with van der Waals surface area (Å²) in [5, 5.41) is 6.49. The quantitative estimate of drug-likeness (QED) is 0.790. The van der Waals surface area contributed by atoms with Crippen LogP contribution in [0.3, 0.4) is 0 Å². The van der Waals surface area contributed by atoms with Crippen LogP contribution in [0.4, 0.5) is 0 Å². The molecule has 1 heterocycles. The fraction of sp³-hybridized carbons (Fsp3) is 0.727. The lowest BCUT2D eigenvalue weighted by atomic mass is 9.95. The van der Waals surface area contributed by atoms with Crippen molar-refractivity contribution < 1.29 is 9.32 Å². The minimum absolute atomic E-state index is 0.0454. The average Bonchev–Trinajstić information content (AvgIpc) is 2.94. The molecule has 6 nitrogen and oxygen atoms in total. The smallest absolute Gasteiger partial charge is 0.246 e. The average molecular weight is 238 g/mol. The molecule has 0 radical (unpaired) electrons. The van der Waals surface area contributed by atoms with Crippen molar-refractivity contribution in [1.29, 1.82) is 0 Å². The first-order valence-electron chi connectivity index (χ1n) is 5.97. The first kappa shape index (κ1) is 12.0. The highest BCUT2D eigenvalue weighted by molar-refractivity contribution is 5.79. The second-order valence-electron chi connectivity index (χ2n) is 4.49. The van der Waals surface area contributed by atoms with Crippen LogP contribution in [-0.2, 0) is 11.3 Å². The third-order valence-electron chi connectivity index (χ3n) is 3.28. The maximum atomic E-state index is 11.9. The number of hydrogen-bond donors (Lipinski definition) is 2. The van der Waals surface area contributed by atoms with Crippen LogP contribution in [0.15, 0.2) is 4.52 Å². The maximum Gasteiger partial charge on any atom is 0.246 e. The summed E-state index contributed by atoms with van der Waals surface area (Å²) in [6, 6.07) is 0. The molecule has 0 unspecified atom stereocenters. The van der Waals surface area contributed by atoms with Gasteiger partial charge in [0.25, 0.3) is 0 Å². The molecule has 1 aliphatic rings. The van der Waals surface area contributed by atoms with Crippen LogP contribution in [0.1, 0.15) is 31.0 Å².